The standard InChI is InChI=1S/C9H17N3O2/c1-14-12-7-8(10-9(12)13)11-5-3-2-4-6-11/h8H,2-7H2,1H3,(H,10,13). The Kier molecular flexibility index (Phi) is 2.88. The number of hydrogen-bond donors (Lipinski definition) is 1. The van der Waals surface area contributed by atoms with E-state index < -0.39 is 0 Å². The molecule has 14 heavy (non-hydrogen) atoms. The Morgan fingerprint density at radius 1 is 1.36 bits per heavy atom. The number of carbonyl (C=O) groups excluding carboxylic acids is 1. The van der Waals surface area contributed by atoms with Crippen LogP contribution in [0.5, 0.6) is 0 Å². The summed E-state index contributed by atoms with van der Waals surface area (Å²) >= 11 is 0. The second-order valence-electron chi connectivity index (χ2n) is 3.81. The van der Waals surface area contributed by atoms with Gasteiger partial charge in [-0.1, -0.05) is 6.42 Å². The van der Waals surface area contributed by atoms with Crippen LogP contribution in [0.3, 0.4) is 0 Å². The minimum absolute atomic E-state index is 0.122. The van der Waals surface area contributed by atoms with E-state index in [1.807, 2.05) is 0 Å². The van der Waals surface area contributed by atoms with E-state index in [-0.39, 0.29) is 12.2 Å². The van der Waals surface area contributed by atoms with E-state index in [1.165, 1.54) is 31.4 Å². The quantitative estimate of drug-likeness (QED) is 0.699. The molecule has 5 nitrogen and oxygen atoms in total. The van der Waals surface area contributed by atoms with Gasteiger partial charge >= 0.3 is 6.03 Å². The average molecular weight is 199 g/mol. The predicted octanol–water partition coefficient (Wildman–Crippen LogP) is 0.385. The highest BCUT2D eigenvalue weighted by Crippen LogP contribution is 2.15. The summed E-state index contributed by atoms with van der Waals surface area (Å²) in [5, 5.41) is 4.29. The smallest absolute Gasteiger partial charge is 0.319 e. The van der Waals surface area contributed by atoms with Gasteiger partial charge in [-0.3, -0.25) is 9.74 Å². The van der Waals surface area contributed by atoms with Crippen molar-refractivity contribution < 1.29 is 9.63 Å². The number of hydroxylamine groups is 2. The lowest BCUT2D eigenvalue weighted by atomic mass is 10.1. The molecule has 2 aliphatic heterocycles. The first kappa shape index (κ1) is 9.73. The van der Waals surface area contributed by atoms with Gasteiger partial charge in [0.15, 0.2) is 0 Å². The SMILES string of the molecule is CON1CC(N2CCCCC2)NC1=O. The molecule has 80 valence electrons. The molecule has 2 saturated heterocycles. The summed E-state index contributed by atoms with van der Waals surface area (Å²) in [6.07, 6.45) is 3.92. The summed E-state index contributed by atoms with van der Waals surface area (Å²) in [7, 11) is 1.53. The number of hydrogen-bond acceptors (Lipinski definition) is 3. The Hall–Kier alpha value is -0.810. The molecule has 2 heterocycles. The van der Waals surface area contributed by atoms with Crippen LogP contribution in [-0.4, -0.2) is 48.9 Å². The first-order chi connectivity index (χ1) is 6.81. The predicted molar refractivity (Wildman–Crippen MR) is 51.5 cm³/mol. The van der Waals surface area contributed by atoms with Gasteiger partial charge < -0.3 is 5.32 Å². The fraction of sp³-hybridized carbons (Fsp3) is 0.889. The van der Waals surface area contributed by atoms with Crippen molar-refractivity contribution in [3.05, 3.63) is 0 Å². The molecular formula is C9H17N3O2. The molecule has 0 aromatic heterocycles. The molecule has 2 rings (SSSR count). The van der Waals surface area contributed by atoms with Crippen LogP contribution >= 0.6 is 0 Å². The molecule has 5 heteroatoms. The van der Waals surface area contributed by atoms with Crippen molar-refractivity contribution >= 4 is 6.03 Å². The summed E-state index contributed by atoms with van der Waals surface area (Å²) in [6, 6.07) is -0.122. The van der Waals surface area contributed by atoms with Gasteiger partial charge in [-0.25, -0.2) is 9.86 Å². The molecule has 0 bridgehead atoms. The van der Waals surface area contributed by atoms with Crippen LogP contribution < -0.4 is 5.32 Å². The molecule has 1 unspecified atom stereocenters. The second kappa shape index (κ2) is 4.14. The Bertz CT molecular complexity index is 216. The summed E-state index contributed by atoms with van der Waals surface area (Å²) in [4.78, 5) is 18.6. The highest BCUT2D eigenvalue weighted by atomic mass is 16.7. The molecule has 2 amide bonds. The van der Waals surface area contributed by atoms with Gasteiger partial charge in [0.2, 0.25) is 0 Å². The molecular weight excluding hydrogens is 182 g/mol. The minimum atomic E-state index is -0.122. The van der Waals surface area contributed by atoms with Crippen LogP contribution in [-0.2, 0) is 4.84 Å². The molecule has 0 aliphatic carbocycles. The Balaban J connectivity index is 1.90. The molecule has 0 aromatic carbocycles. The maximum Gasteiger partial charge on any atom is 0.342 e. The van der Waals surface area contributed by atoms with Crippen molar-refractivity contribution in [2.75, 3.05) is 26.7 Å². The molecule has 1 N–H and O–H groups in total. The van der Waals surface area contributed by atoms with Gasteiger partial charge in [0.25, 0.3) is 0 Å². The van der Waals surface area contributed by atoms with Gasteiger partial charge in [0, 0.05) is 13.1 Å². The Morgan fingerprint density at radius 3 is 2.64 bits per heavy atom. The van der Waals surface area contributed by atoms with Crippen LogP contribution in [0.1, 0.15) is 19.3 Å². The monoisotopic (exact) mass is 199 g/mol. The number of nitrogens with one attached hydrogen (secondary N) is 1. The number of amides is 2. The molecule has 0 spiro atoms. The van der Waals surface area contributed by atoms with Crippen LogP contribution in [0.2, 0.25) is 0 Å². The maximum absolute atomic E-state index is 11.3. The van der Waals surface area contributed by atoms with E-state index in [4.69, 9.17) is 4.84 Å². The third kappa shape index (κ3) is 1.83. The van der Waals surface area contributed by atoms with Gasteiger partial charge in [0.1, 0.15) is 6.17 Å². The molecule has 0 aromatic rings. The van der Waals surface area contributed by atoms with E-state index in [2.05, 4.69) is 10.2 Å². The highest BCUT2D eigenvalue weighted by molar-refractivity contribution is 5.75. The van der Waals surface area contributed by atoms with Crippen molar-refractivity contribution in [1.29, 1.82) is 0 Å². The van der Waals surface area contributed by atoms with Crippen LogP contribution in [0.25, 0.3) is 0 Å². The summed E-state index contributed by atoms with van der Waals surface area (Å²) in [6.45, 7) is 2.81. The van der Waals surface area contributed by atoms with Crippen LogP contribution in [0.15, 0.2) is 0 Å². The van der Waals surface area contributed by atoms with Crippen molar-refractivity contribution in [3.8, 4) is 0 Å². The van der Waals surface area contributed by atoms with Gasteiger partial charge in [0.05, 0.1) is 13.7 Å². The van der Waals surface area contributed by atoms with Crippen molar-refractivity contribution in [1.82, 2.24) is 15.3 Å². The number of likely N-dealkylation sites (tertiary alicyclic amines) is 1. The van der Waals surface area contributed by atoms with E-state index in [9.17, 15) is 4.79 Å². The third-order valence-corrected chi connectivity index (χ3v) is 2.91. The fourth-order valence-electron chi connectivity index (χ4n) is 2.09. The van der Waals surface area contributed by atoms with Crippen LogP contribution in [0, 0.1) is 0 Å². The van der Waals surface area contributed by atoms with E-state index >= 15 is 0 Å². The normalized spacial score (nSPS) is 29.4. The summed E-state index contributed by atoms with van der Waals surface area (Å²) < 4.78 is 0. The largest absolute Gasteiger partial charge is 0.342 e. The zero-order chi connectivity index (χ0) is 9.97. The van der Waals surface area contributed by atoms with Gasteiger partial charge in [-0.05, 0) is 12.8 Å². The maximum atomic E-state index is 11.3. The molecule has 0 saturated carbocycles. The van der Waals surface area contributed by atoms with Crippen molar-refractivity contribution in [3.63, 3.8) is 0 Å². The molecule has 0 radical (unpaired) electrons. The lowest BCUT2D eigenvalue weighted by Crippen LogP contribution is -2.46. The average Bonchev–Trinajstić information content (AvgIpc) is 2.61. The number of carbonyl (C=O) groups is 1. The Morgan fingerprint density at radius 2 is 2.07 bits per heavy atom. The molecule has 2 aliphatic rings. The Labute approximate surface area is 83.9 Å². The first-order valence-corrected chi connectivity index (χ1v) is 5.17. The van der Waals surface area contributed by atoms with E-state index in [0.717, 1.165) is 13.1 Å². The molecule has 1 atom stereocenters. The van der Waals surface area contributed by atoms with Crippen LogP contribution in [0.4, 0.5) is 4.79 Å². The number of urea groups is 1. The first-order valence-electron chi connectivity index (χ1n) is 5.17. The number of piperidine rings is 1. The topological polar surface area (TPSA) is 44.8 Å². The second-order valence-corrected chi connectivity index (χ2v) is 3.81. The molecule has 2 fully saturated rings. The van der Waals surface area contributed by atoms with E-state index in [1.54, 1.807) is 0 Å². The minimum Gasteiger partial charge on any atom is -0.319 e. The zero-order valence-electron chi connectivity index (χ0n) is 8.53. The number of nitrogens with zero attached hydrogens (tertiary/aromatic N) is 2. The summed E-state index contributed by atoms with van der Waals surface area (Å²) in [5.74, 6) is 0. The summed E-state index contributed by atoms with van der Waals surface area (Å²) in [5.41, 5.74) is 0. The van der Waals surface area contributed by atoms with Gasteiger partial charge in [-0.2, -0.15) is 0 Å². The van der Waals surface area contributed by atoms with E-state index in [0.29, 0.717) is 6.54 Å². The fourth-order valence-corrected chi connectivity index (χ4v) is 2.09. The van der Waals surface area contributed by atoms with Crippen molar-refractivity contribution in [2.24, 2.45) is 0 Å². The lowest BCUT2D eigenvalue weighted by Gasteiger charge is -2.31. The zero-order valence-corrected chi connectivity index (χ0v) is 8.53. The highest BCUT2D eigenvalue weighted by Gasteiger charge is 2.33. The lowest BCUT2D eigenvalue weighted by molar-refractivity contribution is -0.0785. The number of rotatable bonds is 2. The third-order valence-electron chi connectivity index (χ3n) is 2.91. The van der Waals surface area contributed by atoms with Gasteiger partial charge in [-0.15, -0.1) is 0 Å². The van der Waals surface area contributed by atoms with Crippen molar-refractivity contribution in [2.45, 2.75) is 25.4 Å².